The first-order valence-corrected chi connectivity index (χ1v) is 6.02. The number of ether oxygens (including phenoxy) is 1. The second-order valence-corrected chi connectivity index (χ2v) is 4.40. The summed E-state index contributed by atoms with van der Waals surface area (Å²) in [7, 11) is 0. The Morgan fingerprint density at radius 1 is 1.06 bits per heavy atom. The minimum Gasteiger partial charge on any atom is -0.473 e. The van der Waals surface area contributed by atoms with Gasteiger partial charge < -0.3 is 14.7 Å². The van der Waals surface area contributed by atoms with Gasteiger partial charge in [-0.2, -0.15) is 0 Å². The number of para-hydroxylation sites is 1. The first-order chi connectivity index (χ1) is 8.86. The molecule has 92 valence electrons. The van der Waals surface area contributed by atoms with E-state index in [1.165, 1.54) is 5.56 Å². The number of aliphatic hydroxyl groups excluding tert-OH is 1. The van der Waals surface area contributed by atoms with Gasteiger partial charge >= 0.3 is 0 Å². The lowest BCUT2D eigenvalue weighted by molar-refractivity contribution is 0.281. The average molecular weight is 241 g/mol. The second-order valence-electron chi connectivity index (χ2n) is 4.40. The molecule has 0 radical (unpaired) electrons. The van der Waals surface area contributed by atoms with Crippen molar-refractivity contribution in [2.45, 2.75) is 13.2 Å². The maximum absolute atomic E-state index is 9.03. The highest BCUT2D eigenvalue weighted by Gasteiger charge is 2.16. The van der Waals surface area contributed by atoms with Crippen LogP contribution in [0.1, 0.15) is 11.1 Å². The predicted molar refractivity (Wildman–Crippen MR) is 70.5 cm³/mol. The summed E-state index contributed by atoms with van der Waals surface area (Å²) in [6.07, 6.45) is 0. The molecule has 3 rings (SSSR count). The SMILES string of the molecule is OCc1ccc(N2COc3ccccc3C2)cc1. The Labute approximate surface area is 106 Å². The Balaban J connectivity index is 1.82. The number of fused-ring (bicyclic) bond motifs is 1. The van der Waals surface area contributed by atoms with E-state index in [-0.39, 0.29) is 6.61 Å². The third kappa shape index (κ3) is 2.05. The van der Waals surface area contributed by atoms with Gasteiger partial charge in [-0.1, -0.05) is 30.3 Å². The lowest BCUT2D eigenvalue weighted by Crippen LogP contribution is -2.31. The number of hydrogen-bond donors (Lipinski definition) is 1. The molecule has 0 fully saturated rings. The monoisotopic (exact) mass is 241 g/mol. The fourth-order valence-electron chi connectivity index (χ4n) is 2.15. The van der Waals surface area contributed by atoms with E-state index in [4.69, 9.17) is 9.84 Å². The van der Waals surface area contributed by atoms with Gasteiger partial charge in [0.05, 0.1) is 6.61 Å². The molecule has 0 aromatic heterocycles. The van der Waals surface area contributed by atoms with Gasteiger partial charge in [0.1, 0.15) is 5.75 Å². The van der Waals surface area contributed by atoms with Crippen molar-refractivity contribution in [2.24, 2.45) is 0 Å². The third-order valence-corrected chi connectivity index (χ3v) is 3.19. The number of anilines is 1. The summed E-state index contributed by atoms with van der Waals surface area (Å²) in [6, 6.07) is 16.0. The molecule has 2 aromatic rings. The number of rotatable bonds is 2. The Morgan fingerprint density at radius 3 is 2.61 bits per heavy atom. The van der Waals surface area contributed by atoms with Gasteiger partial charge in [0.2, 0.25) is 0 Å². The van der Waals surface area contributed by atoms with Gasteiger partial charge in [0.25, 0.3) is 0 Å². The average Bonchev–Trinajstić information content (AvgIpc) is 2.47. The molecule has 1 aliphatic heterocycles. The molecular weight excluding hydrogens is 226 g/mol. The minimum atomic E-state index is 0.0829. The zero-order valence-corrected chi connectivity index (χ0v) is 10.0. The zero-order valence-electron chi connectivity index (χ0n) is 10.0. The van der Waals surface area contributed by atoms with E-state index in [9.17, 15) is 0 Å². The summed E-state index contributed by atoms with van der Waals surface area (Å²) < 4.78 is 5.72. The second kappa shape index (κ2) is 4.70. The topological polar surface area (TPSA) is 32.7 Å². The molecule has 0 bridgehead atoms. The quantitative estimate of drug-likeness (QED) is 0.877. The Morgan fingerprint density at radius 2 is 1.83 bits per heavy atom. The number of aliphatic hydroxyl groups is 1. The van der Waals surface area contributed by atoms with Crippen LogP contribution in [0.4, 0.5) is 5.69 Å². The van der Waals surface area contributed by atoms with E-state index in [1.807, 2.05) is 42.5 Å². The van der Waals surface area contributed by atoms with Gasteiger partial charge in [-0.25, -0.2) is 0 Å². The highest BCUT2D eigenvalue weighted by atomic mass is 16.5. The van der Waals surface area contributed by atoms with Gasteiger partial charge in [0.15, 0.2) is 6.73 Å². The van der Waals surface area contributed by atoms with Crippen molar-refractivity contribution < 1.29 is 9.84 Å². The maximum atomic E-state index is 9.03. The number of benzene rings is 2. The summed E-state index contributed by atoms with van der Waals surface area (Å²) in [4.78, 5) is 2.17. The normalized spacial score (nSPS) is 13.9. The van der Waals surface area contributed by atoms with Crippen molar-refractivity contribution in [1.82, 2.24) is 0 Å². The van der Waals surface area contributed by atoms with Crippen LogP contribution in [0.5, 0.6) is 5.75 Å². The van der Waals surface area contributed by atoms with Crippen LogP contribution in [0.25, 0.3) is 0 Å². The lowest BCUT2D eigenvalue weighted by Gasteiger charge is -2.30. The van der Waals surface area contributed by atoms with Crippen molar-refractivity contribution in [3.05, 3.63) is 59.7 Å². The largest absolute Gasteiger partial charge is 0.473 e. The van der Waals surface area contributed by atoms with Crippen molar-refractivity contribution in [2.75, 3.05) is 11.6 Å². The molecule has 0 saturated heterocycles. The van der Waals surface area contributed by atoms with E-state index in [0.717, 1.165) is 23.5 Å². The van der Waals surface area contributed by atoms with Gasteiger partial charge in [-0.15, -0.1) is 0 Å². The fraction of sp³-hybridized carbons (Fsp3) is 0.200. The smallest absolute Gasteiger partial charge is 0.161 e. The molecule has 0 unspecified atom stereocenters. The molecule has 0 saturated carbocycles. The van der Waals surface area contributed by atoms with Crippen LogP contribution in [-0.4, -0.2) is 11.8 Å². The standard InChI is InChI=1S/C15H15NO2/c17-10-12-5-7-14(8-6-12)16-9-13-3-1-2-4-15(13)18-11-16/h1-8,17H,9-11H2. The van der Waals surface area contributed by atoms with Crippen LogP contribution in [0.2, 0.25) is 0 Å². The molecule has 0 atom stereocenters. The Bertz CT molecular complexity index is 536. The van der Waals surface area contributed by atoms with Crippen LogP contribution in [0.15, 0.2) is 48.5 Å². The summed E-state index contributed by atoms with van der Waals surface area (Å²) in [5, 5.41) is 9.03. The van der Waals surface area contributed by atoms with Gasteiger partial charge in [0, 0.05) is 17.8 Å². The third-order valence-electron chi connectivity index (χ3n) is 3.19. The molecule has 0 amide bonds. The molecule has 1 N–H and O–H groups in total. The molecule has 3 nitrogen and oxygen atoms in total. The molecule has 18 heavy (non-hydrogen) atoms. The van der Waals surface area contributed by atoms with E-state index >= 15 is 0 Å². The van der Waals surface area contributed by atoms with Crippen molar-refractivity contribution >= 4 is 5.69 Å². The van der Waals surface area contributed by atoms with Crippen LogP contribution in [0.3, 0.4) is 0 Å². The fourth-order valence-corrected chi connectivity index (χ4v) is 2.15. The highest BCUT2D eigenvalue weighted by molar-refractivity contribution is 5.50. The van der Waals surface area contributed by atoms with Crippen LogP contribution in [-0.2, 0) is 13.2 Å². The summed E-state index contributed by atoms with van der Waals surface area (Å²) >= 11 is 0. The van der Waals surface area contributed by atoms with E-state index in [0.29, 0.717) is 6.73 Å². The van der Waals surface area contributed by atoms with Crippen molar-refractivity contribution in [3.8, 4) is 5.75 Å². The maximum Gasteiger partial charge on any atom is 0.161 e. The van der Waals surface area contributed by atoms with Gasteiger partial charge in [-0.3, -0.25) is 0 Å². The van der Waals surface area contributed by atoms with Gasteiger partial charge in [-0.05, 0) is 23.8 Å². The number of hydrogen-bond acceptors (Lipinski definition) is 3. The van der Waals surface area contributed by atoms with Crippen LogP contribution >= 0.6 is 0 Å². The zero-order chi connectivity index (χ0) is 12.4. The van der Waals surface area contributed by atoms with Crippen LogP contribution in [0, 0.1) is 0 Å². The minimum absolute atomic E-state index is 0.0829. The Hall–Kier alpha value is -2.00. The molecule has 0 aliphatic carbocycles. The lowest BCUT2D eigenvalue weighted by atomic mass is 10.1. The molecule has 1 heterocycles. The molecule has 1 aliphatic rings. The highest BCUT2D eigenvalue weighted by Crippen LogP contribution is 2.27. The summed E-state index contributed by atoms with van der Waals surface area (Å²) in [6.45, 7) is 1.50. The first-order valence-electron chi connectivity index (χ1n) is 6.02. The molecule has 0 spiro atoms. The van der Waals surface area contributed by atoms with Crippen molar-refractivity contribution in [3.63, 3.8) is 0 Å². The molecular formula is C15H15NO2. The van der Waals surface area contributed by atoms with E-state index in [2.05, 4.69) is 11.0 Å². The predicted octanol–water partition coefficient (Wildman–Crippen LogP) is 2.54. The summed E-state index contributed by atoms with van der Waals surface area (Å²) in [5.74, 6) is 0.973. The summed E-state index contributed by atoms with van der Waals surface area (Å²) in [5.41, 5.74) is 3.24. The number of nitrogens with zero attached hydrogens (tertiary/aromatic N) is 1. The van der Waals surface area contributed by atoms with Crippen LogP contribution < -0.4 is 9.64 Å². The molecule has 2 aromatic carbocycles. The van der Waals surface area contributed by atoms with Crippen molar-refractivity contribution in [1.29, 1.82) is 0 Å². The molecule has 3 heteroatoms. The van der Waals surface area contributed by atoms with E-state index < -0.39 is 0 Å². The Kier molecular flexibility index (Phi) is 2.90. The van der Waals surface area contributed by atoms with E-state index in [1.54, 1.807) is 0 Å². The first kappa shape index (κ1) is 11.1.